The maximum Gasteiger partial charge on any atom is 0.260 e. The SMILES string of the molecule is CSc1cccc(C(=O)N(CCCN(C)C)c2nc3ccc(F)cc3s2)c1. The first-order valence-electron chi connectivity index (χ1n) is 8.64. The second-order valence-corrected chi connectivity index (χ2v) is 8.34. The monoisotopic (exact) mass is 403 g/mol. The molecule has 0 aliphatic rings. The van der Waals surface area contributed by atoms with Gasteiger partial charge in [0.2, 0.25) is 0 Å². The molecule has 0 spiro atoms. The number of carbonyl (C=O) groups is 1. The molecule has 0 N–H and O–H groups in total. The number of aromatic nitrogens is 1. The summed E-state index contributed by atoms with van der Waals surface area (Å²) in [4.78, 5) is 22.7. The van der Waals surface area contributed by atoms with Crippen molar-refractivity contribution < 1.29 is 9.18 Å². The topological polar surface area (TPSA) is 36.4 Å². The molecule has 4 nitrogen and oxygen atoms in total. The number of carbonyl (C=O) groups excluding carboxylic acids is 1. The van der Waals surface area contributed by atoms with Crippen molar-refractivity contribution in [1.29, 1.82) is 0 Å². The second kappa shape index (κ2) is 8.82. The van der Waals surface area contributed by atoms with Crippen molar-refractivity contribution in [2.75, 3.05) is 38.3 Å². The van der Waals surface area contributed by atoms with Crippen LogP contribution in [0.15, 0.2) is 47.4 Å². The largest absolute Gasteiger partial charge is 0.309 e. The standard InChI is InChI=1S/C20H22FN3OS2/c1-23(2)10-5-11-24(19(25)14-6-4-7-16(12-14)26-3)20-22-17-9-8-15(21)13-18(17)27-20/h4,6-9,12-13H,5,10-11H2,1-3H3. The van der Waals surface area contributed by atoms with E-state index in [9.17, 15) is 9.18 Å². The minimum Gasteiger partial charge on any atom is -0.309 e. The van der Waals surface area contributed by atoms with Gasteiger partial charge in [0.1, 0.15) is 5.82 Å². The molecule has 2 aromatic carbocycles. The summed E-state index contributed by atoms with van der Waals surface area (Å²) in [6.07, 6.45) is 2.81. The number of halogens is 1. The molecule has 3 rings (SSSR count). The molecule has 1 amide bonds. The van der Waals surface area contributed by atoms with Gasteiger partial charge < -0.3 is 4.90 Å². The van der Waals surface area contributed by atoms with Crippen molar-refractivity contribution >= 4 is 44.4 Å². The van der Waals surface area contributed by atoms with Gasteiger partial charge in [-0.15, -0.1) is 11.8 Å². The number of anilines is 1. The van der Waals surface area contributed by atoms with Crippen molar-refractivity contribution in [3.8, 4) is 0 Å². The van der Waals surface area contributed by atoms with Crippen LogP contribution in [0.3, 0.4) is 0 Å². The van der Waals surface area contributed by atoms with Crippen molar-refractivity contribution in [1.82, 2.24) is 9.88 Å². The minimum atomic E-state index is -0.296. The third-order valence-electron chi connectivity index (χ3n) is 4.12. The maximum atomic E-state index is 13.5. The third-order valence-corrected chi connectivity index (χ3v) is 5.89. The summed E-state index contributed by atoms with van der Waals surface area (Å²) in [7, 11) is 4.02. The fourth-order valence-electron chi connectivity index (χ4n) is 2.74. The molecule has 0 atom stereocenters. The predicted molar refractivity (Wildman–Crippen MR) is 113 cm³/mol. The van der Waals surface area contributed by atoms with Crippen molar-refractivity contribution in [2.45, 2.75) is 11.3 Å². The molecule has 0 fully saturated rings. The number of hydrogen-bond donors (Lipinski definition) is 0. The molecule has 27 heavy (non-hydrogen) atoms. The lowest BCUT2D eigenvalue weighted by Gasteiger charge is -2.21. The van der Waals surface area contributed by atoms with Gasteiger partial charge >= 0.3 is 0 Å². The molecule has 0 saturated carbocycles. The number of fused-ring (bicyclic) bond motifs is 1. The number of thioether (sulfide) groups is 1. The fraction of sp³-hybridized carbons (Fsp3) is 0.300. The van der Waals surface area contributed by atoms with Gasteiger partial charge in [0.15, 0.2) is 5.13 Å². The zero-order valence-electron chi connectivity index (χ0n) is 15.6. The average Bonchev–Trinajstić information content (AvgIpc) is 3.07. The average molecular weight is 404 g/mol. The molecule has 0 aliphatic heterocycles. The van der Waals surface area contributed by atoms with Gasteiger partial charge in [-0.2, -0.15) is 0 Å². The molecule has 0 radical (unpaired) electrons. The van der Waals surface area contributed by atoms with Crippen LogP contribution in [-0.4, -0.2) is 49.2 Å². The van der Waals surface area contributed by atoms with Gasteiger partial charge in [-0.3, -0.25) is 9.69 Å². The number of nitrogens with zero attached hydrogens (tertiary/aromatic N) is 3. The highest BCUT2D eigenvalue weighted by atomic mass is 32.2. The minimum absolute atomic E-state index is 0.0795. The number of thiazole rings is 1. The lowest BCUT2D eigenvalue weighted by molar-refractivity contribution is 0.0986. The van der Waals surface area contributed by atoms with E-state index in [2.05, 4.69) is 9.88 Å². The second-order valence-electron chi connectivity index (χ2n) is 6.45. The highest BCUT2D eigenvalue weighted by Crippen LogP contribution is 2.30. The van der Waals surface area contributed by atoms with Crippen LogP contribution in [0, 0.1) is 5.82 Å². The number of rotatable bonds is 7. The summed E-state index contributed by atoms with van der Waals surface area (Å²) >= 11 is 2.95. The first-order chi connectivity index (χ1) is 13.0. The van der Waals surface area contributed by atoms with E-state index in [0.29, 0.717) is 22.8 Å². The number of hydrogen-bond acceptors (Lipinski definition) is 5. The highest BCUT2D eigenvalue weighted by molar-refractivity contribution is 7.98. The lowest BCUT2D eigenvalue weighted by atomic mass is 10.2. The highest BCUT2D eigenvalue weighted by Gasteiger charge is 2.21. The van der Waals surface area contributed by atoms with Crippen LogP contribution < -0.4 is 4.90 Å². The molecule has 142 valence electrons. The van der Waals surface area contributed by atoms with Gasteiger partial charge in [-0.05, 0) is 69.7 Å². The van der Waals surface area contributed by atoms with E-state index in [0.717, 1.165) is 22.6 Å². The van der Waals surface area contributed by atoms with E-state index >= 15 is 0 Å². The molecule has 0 aliphatic carbocycles. The molecule has 7 heteroatoms. The smallest absolute Gasteiger partial charge is 0.260 e. The summed E-state index contributed by atoms with van der Waals surface area (Å²) in [6.45, 7) is 1.43. The quantitative estimate of drug-likeness (QED) is 0.533. The van der Waals surface area contributed by atoms with Crippen LogP contribution in [0.4, 0.5) is 9.52 Å². The molecule has 1 aromatic heterocycles. The summed E-state index contributed by atoms with van der Waals surface area (Å²) < 4.78 is 14.3. The molecule has 3 aromatic rings. The zero-order chi connectivity index (χ0) is 19.4. The van der Waals surface area contributed by atoms with Crippen LogP contribution in [-0.2, 0) is 0 Å². The molecular weight excluding hydrogens is 381 g/mol. The Balaban J connectivity index is 1.94. The van der Waals surface area contributed by atoms with E-state index in [1.54, 1.807) is 22.7 Å². The Kier molecular flexibility index (Phi) is 6.46. The lowest BCUT2D eigenvalue weighted by Crippen LogP contribution is -2.33. The Bertz CT molecular complexity index is 942. The first kappa shape index (κ1) is 19.8. The van der Waals surface area contributed by atoms with Crippen molar-refractivity contribution in [3.05, 3.63) is 53.8 Å². The van der Waals surface area contributed by atoms with Gasteiger partial charge in [0, 0.05) is 17.0 Å². The van der Waals surface area contributed by atoms with Crippen LogP contribution >= 0.6 is 23.1 Å². The predicted octanol–water partition coefficient (Wildman–Crippen LogP) is 4.76. The van der Waals surface area contributed by atoms with E-state index in [-0.39, 0.29) is 11.7 Å². The molecular formula is C20H22FN3OS2. The molecule has 1 heterocycles. The van der Waals surface area contributed by atoms with E-state index < -0.39 is 0 Å². The van der Waals surface area contributed by atoms with E-state index in [4.69, 9.17) is 0 Å². The Morgan fingerprint density at radius 1 is 1.19 bits per heavy atom. The Morgan fingerprint density at radius 2 is 2.00 bits per heavy atom. The van der Waals surface area contributed by atoms with Crippen LogP contribution in [0.1, 0.15) is 16.8 Å². The van der Waals surface area contributed by atoms with Gasteiger partial charge in [-0.25, -0.2) is 9.37 Å². The Hall–Kier alpha value is -1.96. The normalized spacial score (nSPS) is 11.3. The van der Waals surface area contributed by atoms with Gasteiger partial charge in [0.05, 0.1) is 10.2 Å². The summed E-state index contributed by atoms with van der Waals surface area (Å²) in [5.41, 5.74) is 1.34. The summed E-state index contributed by atoms with van der Waals surface area (Å²) in [5, 5.41) is 0.605. The van der Waals surface area contributed by atoms with E-state index in [1.165, 1.54) is 23.5 Å². The third kappa shape index (κ3) is 4.86. The number of benzene rings is 2. The summed E-state index contributed by atoms with van der Waals surface area (Å²) in [5.74, 6) is -0.375. The zero-order valence-corrected chi connectivity index (χ0v) is 17.2. The van der Waals surface area contributed by atoms with Crippen LogP contribution in [0.2, 0.25) is 0 Å². The Labute approximate surface area is 167 Å². The first-order valence-corrected chi connectivity index (χ1v) is 10.7. The number of amides is 1. The van der Waals surface area contributed by atoms with Crippen molar-refractivity contribution in [2.24, 2.45) is 0 Å². The van der Waals surface area contributed by atoms with E-state index in [1.807, 2.05) is 44.6 Å². The maximum absolute atomic E-state index is 13.5. The molecule has 0 unspecified atom stereocenters. The van der Waals surface area contributed by atoms with Gasteiger partial charge in [0.25, 0.3) is 5.91 Å². The summed E-state index contributed by atoms with van der Waals surface area (Å²) in [6, 6.07) is 12.1. The van der Waals surface area contributed by atoms with Gasteiger partial charge in [-0.1, -0.05) is 17.4 Å². The van der Waals surface area contributed by atoms with Crippen LogP contribution in [0.5, 0.6) is 0 Å². The Morgan fingerprint density at radius 3 is 2.74 bits per heavy atom. The van der Waals surface area contributed by atoms with Crippen LogP contribution in [0.25, 0.3) is 10.2 Å². The fourth-order valence-corrected chi connectivity index (χ4v) is 4.22. The molecule has 0 bridgehead atoms. The molecule has 0 saturated heterocycles. The van der Waals surface area contributed by atoms with Crippen molar-refractivity contribution in [3.63, 3.8) is 0 Å².